The van der Waals surface area contributed by atoms with Crippen LogP contribution in [0, 0.1) is 6.92 Å². The number of aromatic amines is 1. The van der Waals surface area contributed by atoms with E-state index in [1.807, 2.05) is 19.1 Å². The quantitative estimate of drug-likeness (QED) is 0.730. The van der Waals surface area contributed by atoms with Gasteiger partial charge in [-0.15, -0.1) is 5.10 Å². The fourth-order valence-corrected chi connectivity index (χ4v) is 1.32. The van der Waals surface area contributed by atoms with Gasteiger partial charge in [0, 0.05) is 13.0 Å². The first-order chi connectivity index (χ1) is 7.84. The SMILES string of the molecule is Cc1ccc(NCCCc2ncn[nH]2)nn1. The third-order valence-electron chi connectivity index (χ3n) is 2.16. The molecule has 6 heteroatoms. The van der Waals surface area contributed by atoms with Crippen molar-refractivity contribution in [3.8, 4) is 0 Å². The number of rotatable bonds is 5. The molecule has 0 atom stereocenters. The highest BCUT2D eigenvalue weighted by molar-refractivity contribution is 5.32. The lowest BCUT2D eigenvalue weighted by molar-refractivity contribution is 0.800. The maximum absolute atomic E-state index is 4.05. The molecule has 0 fully saturated rings. The van der Waals surface area contributed by atoms with Crippen LogP contribution in [0.25, 0.3) is 0 Å². The molecule has 0 unspecified atom stereocenters. The second-order valence-corrected chi connectivity index (χ2v) is 3.52. The number of H-pyrrole nitrogens is 1. The molecule has 2 aromatic heterocycles. The van der Waals surface area contributed by atoms with Crippen LogP contribution in [0.4, 0.5) is 5.82 Å². The third kappa shape index (κ3) is 3.01. The Balaban J connectivity index is 1.70. The van der Waals surface area contributed by atoms with Crippen molar-refractivity contribution in [1.29, 1.82) is 0 Å². The average Bonchev–Trinajstić information content (AvgIpc) is 2.80. The van der Waals surface area contributed by atoms with E-state index in [0.29, 0.717) is 0 Å². The summed E-state index contributed by atoms with van der Waals surface area (Å²) in [7, 11) is 0. The Kier molecular flexibility index (Phi) is 3.42. The Hall–Kier alpha value is -1.98. The van der Waals surface area contributed by atoms with E-state index >= 15 is 0 Å². The number of hydrogen-bond donors (Lipinski definition) is 2. The van der Waals surface area contributed by atoms with E-state index < -0.39 is 0 Å². The van der Waals surface area contributed by atoms with E-state index in [4.69, 9.17) is 0 Å². The monoisotopic (exact) mass is 218 g/mol. The largest absolute Gasteiger partial charge is 0.369 e. The predicted molar refractivity (Wildman–Crippen MR) is 60.0 cm³/mol. The molecule has 6 nitrogen and oxygen atoms in total. The van der Waals surface area contributed by atoms with Gasteiger partial charge in [-0.25, -0.2) is 4.98 Å². The van der Waals surface area contributed by atoms with Crippen molar-refractivity contribution < 1.29 is 0 Å². The van der Waals surface area contributed by atoms with Crippen molar-refractivity contribution in [1.82, 2.24) is 25.4 Å². The Morgan fingerprint density at radius 2 is 2.25 bits per heavy atom. The first kappa shape index (κ1) is 10.5. The molecule has 0 aliphatic rings. The molecule has 0 amide bonds. The molecule has 0 saturated heterocycles. The zero-order valence-corrected chi connectivity index (χ0v) is 9.14. The molecule has 2 N–H and O–H groups in total. The first-order valence-electron chi connectivity index (χ1n) is 5.23. The van der Waals surface area contributed by atoms with E-state index in [1.165, 1.54) is 6.33 Å². The van der Waals surface area contributed by atoms with Gasteiger partial charge >= 0.3 is 0 Å². The van der Waals surface area contributed by atoms with Gasteiger partial charge in [0.15, 0.2) is 0 Å². The van der Waals surface area contributed by atoms with Crippen molar-refractivity contribution in [3.63, 3.8) is 0 Å². The zero-order chi connectivity index (χ0) is 11.2. The summed E-state index contributed by atoms with van der Waals surface area (Å²) >= 11 is 0. The van der Waals surface area contributed by atoms with Gasteiger partial charge in [-0.1, -0.05) is 0 Å². The molecule has 0 spiro atoms. The van der Waals surface area contributed by atoms with E-state index in [-0.39, 0.29) is 0 Å². The molecule has 0 aromatic carbocycles. The molecule has 16 heavy (non-hydrogen) atoms. The molecule has 0 saturated carbocycles. The number of nitrogens with one attached hydrogen (secondary N) is 2. The van der Waals surface area contributed by atoms with Crippen LogP contribution in [0.2, 0.25) is 0 Å². The van der Waals surface area contributed by atoms with Gasteiger partial charge in [-0.05, 0) is 25.5 Å². The van der Waals surface area contributed by atoms with E-state index in [0.717, 1.165) is 36.7 Å². The summed E-state index contributed by atoms with van der Waals surface area (Å²) in [6.45, 7) is 2.76. The molecular formula is C10H14N6. The van der Waals surface area contributed by atoms with E-state index in [9.17, 15) is 0 Å². The summed E-state index contributed by atoms with van der Waals surface area (Å²) in [6, 6.07) is 3.86. The van der Waals surface area contributed by atoms with Crippen molar-refractivity contribution >= 4 is 5.82 Å². The van der Waals surface area contributed by atoms with Gasteiger partial charge in [0.1, 0.15) is 18.0 Å². The van der Waals surface area contributed by atoms with Crippen molar-refractivity contribution in [2.75, 3.05) is 11.9 Å². The number of hydrogen-bond acceptors (Lipinski definition) is 5. The fraction of sp³-hybridized carbons (Fsp3) is 0.400. The van der Waals surface area contributed by atoms with Gasteiger partial charge < -0.3 is 5.32 Å². The molecule has 0 aliphatic carbocycles. The highest BCUT2D eigenvalue weighted by Crippen LogP contribution is 2.01. The summed E-state index contributed by atoms with van der Waals surface area (Å²) in [5.74, 6) is 1.72. The highest BCUT2D eigenvalue weighted by atomic mass is 15.2. The first-order valence-corrected chi connectivity index (χ1v) is 5.23. The van der Waals surface area contributed by atoms with Crippen LogP contribution < -0.4 is 5.32 Å². The van der Waals surface area contributed by atoms with Gasteiger partial charge in [0.2, 0.25) is 0 Å². The smallest absolute Gasteiger partial charge is 0.148 e. The second kappa shape index (κ2) is 5.20. The average molecular weight is 218 g/mol. The number of aryl methyl sites for hydroxylation is 2. The summed E-state index contributed by atoms with van der Waals surface area (Å²) in [6.07, 6.45) is 3.38. The fourth-order valence-electron chi connectivity index (χ4n) is 1.32. The normalized spacial score (nSPS) is 10.3. The molecule has 0 aliphatic heterocycles. The molecule has 2 heterocycles. The summed E-state index contributed by atoms with van der Waals surface area (Å²) < 4.78 is 0. The van der Waals surface area contributed by atoms with Crippen LogP contribution in [0.1, 0.15) is 17.9 Å². The van der Waals surface area contributed by atoms with Gasteiger partial charge in [0.25, 0.3) is 0 Å². The molecule has 2 aromatic rings. The van der Waals surface area contributed by atoms with Crippen LogP contribution in [-0.4, -0.2) is 31.9 Å². The topological polar surface area (TPSA) is 79.4 Å². The zero-order valence-electron chi connectivity index (χ0n) is 9.14. The number of anilines is 1. The van der Waals surface area contributed by atoms with Crippen LogP contribution >= 0.6 is 0 Å². The summed E-state index contributed by atoms with van der Waals surface area (Å²) in [4.78, 5) is 4.05. The maximum Gasteiger partial charge on any atom is 0.148 e. The minimum atomic E-state index is 0.808. The van der Waals surface area contributed by atoms with Crippen LogP contribution in [0.3, 0.4) is 0 Å². The standard InChI is InChI=1S/C10H14N6/c1-8-4-5-10(16-14-8)11-6-2-3-9-12-7-13-15-9/h4-5,7H,2-3,6H2,1H3,(H,11,16)(H,12,13,15). The lowest BCUT2D eigenvalue weighted by Crippen LogP contribution is -2.06. The van der Waals surface area contributed by atoms with Crippen LogP contribution in [-0.2, 0) is 6.42 Å². The maximum atomic E-state index is 4.05. The summed E-state index contributed by atoms with van der Waals surface area (Å²) in [5, 5.41) is 17.8. The Bertz CT molecular complexity index is 407. The minimum absolute atomic E-state index is 0.808. The third-order valence-corrected chi connectivity index (χ3v) is 2.16. The number of aromatic nitrogens is 5. The van der Waals surface area contributed by atoms with Gasteiger partial charge in [-0.3, -0.25) is 5.10 Å². The molecular weight excluding hydrogens is 204 g/mol. The predicted octanol–water partition coefficient (Wildman–Crippen LogP) is 0.948. The number of nitrogens with zero attached hydrogens (tertiary/aromatic N) is 4. The summed E-state index contributed by atoms with van der Waals surface area (Å²) in [5.41, 5.74) is 0.923. The molecule has 84 valence electrons. The minimum Gasteiger partial charge on any atom is -0.369 e. The Morgan fingerprint density at radius 1 is 1.31 bits per heavy atom. The van der Waals surface area contributed by atoms with E-state index in [1.54, 1.807) is 0 Å². The highest BCUT2D eigenvalue weighted by Gasteiger charge is 1.96. The molecule has 0 bridgehead atoms. The van der Waals surface area contributed by atoms with Gasteiger partial charge in [-0.2, -0.15) is 10.2 Å². The lowest BCUT2D eigenvalue weighted by atomic mass is 10.3. The van der Waals surface area contributed by atoms with Crippen LogP contribution in [0.15, 0.2) is 18.5 Å². The van der Waals surface area contributed by atoms with Crippen molar-refractivity contribution in [2.45, 2.75) is 19.8 Å². The van der Waals surface area contributed by atoms with Crippen molar-refractivity contribution in [3.05, 3.63) is 30.0 Å². The van der Waals surface area contributed by atoms with Crippen molar-refractivity contribution in [2.24, 2.45) is 0 Å². The van der Waals surface area contributed by atoms with E-state index in [2.05, 4.69) is 30.7 Å². The Morgan fingerprint density at radius 3 is 2.94 bits per heavy atom. The second-order valence-electron chi connectivity index (χ2n) is 3.52. The van der Waals surface area contributed by atoms with Gasteiger partial charge in [0.05, 0.1) is 5.69 Å². The molecule has 2 rings (SSSR count). The Labute approximate surface area is 93.5 Å². The lowest BCUT2D eigenvalue weighted by Gasteiger charge is -2.03. The molecule has 0 radical (unpaired) electrons. The van der Waals surface area contributed by atoms with Crippen LogP contribution in [0.5, 0.6) is 0 Å².